The lowest BCUT2D eigenvalue weighted by molar-refractivity contribution is 0.423. The van der Waals surface area contributed by atoms with Crippen LogP contribution in [0.1, 0.15) is 32.2 Å². The molecule has 0 bridgehead atoms. The van der Waals surface area contributed by atoms with Crippen molar-refractivity contribution in [2.45, 2.75) is 26.2 Å². The van der Waals surface area contributed by atoms with Crippen LogP contribution in [0.4, 0.5) is 11.6 Å². The van der Waals surface area contributed by atoms with Gasteiger partial charge in [0.25, 0.3) is 0 Å². The largest absolute Gasteiger partial charge is 0.367 e. The normalized spacial score (nSPS) is 14.8. The molecule has 0 spiro atoms. The van der Waals surface area contributed by atoms with Crippen molar-refractivity contribution in [2.24, 2.45) is 5.92 Å². The van der Waals surface area contributed by atoms with Crippen LogP contribution in [0.25, 0.3) is 5.65 Å². The van der Waals surface area contributed by atoms with Crippen LogP contribution >= 0.6 is 0 Å². The highest BCUT2D eigenvalue weighted by Crippen LogP contribution is 2.25. The number of anilines is 2. The second-order valence-electron chi connectivity index (χ2n) is 7.79. The van der Waals surface area contributed by atoms with Gasteiger partial charge in [0, 0.05) is 31.0 Å². The molecule has 4 heterocycles. The first-order valence-electron chi connectivity index (χ1n) is 8.89. The van der Waals surface area contributed by atoms with Crippen molar-refractivity contribution in [3.05, 3.63) is 35.8 Å². The summed E-state index contributed by atoms with van der Waals surface area (Å²) in [6.45, 7) is 8.83. The Kier molecular flexibility index (Phi) is 4.11. The van der Waals surface area contributed by atoms with Gasteiger partial charge < -0.3 is 10.2 Å². The van der Waals surface area contributed by atoms with Gasteiger partial charge in [0.15, 0.2) is 17.3 Å². The molecule has 138 valence electrons. The quantitative estimate of drug-likeness (QED) is 0.745. The Bertz CT molecular complexity index is 1010. The molecule has 0 atom stereocenters. The molecule has 1 N–H and O–H groups in total. The predicted molar refractivity (Wildman–Crippen MR) is 100 cm³/mol. The summed E-state index contributed by atoms with van der Waals surface area (Å²) in [6.07, 6.45) is 1.52. The zero-order valence-electron chi connectivity index (χ0n) is 15.6. The molecule has 0 amide bonds. The minimum absolute atomic E-state index is 0.123. The summed E-state index contributed by atoms with van der Waals surface area (Å²) in [4.78, 5) is 2.22. The van der Waals surface area contributed by atoms with E-state index in [-0.39, 0.29) is 5.41 Å². The SMILES string of the molecule is CC(C)(C)c1nnc2ccc(N3CC(CNc4nnccc4C#N)C3)nn12. The van der Waals surface area contributed by atoms with Crippen LogP contribution in [0.5, 0.6) is 0 Å². The zero-order valence-corrected chi connectivity index (χ0v) is 15.6. The summed E-state index contributed by atoms with van der Waals surface area (Å²) in [7, 11) is 0. The van der Waals surface area contributed by atoms with Gasteiger partial charge >= 0.3 is 0 Å². The molecule has 0 radical (unpaired) electrons. The smallest absolute Gasteiger partial charge is 0.178 e. The van der Waals surface area contributed by atoms with Crippen LogP contribution in [-0.4, -0.2) is 49.6 Å². The fourth-order valence-corrected chi connectivity index (χ4v) is 3.10. The molecule has 1 fully saturated rings. The van der Waals surface area contributed by atoms with Crippen molar-refractivity contribution in [1.29, 1.82) is 5.26 Å². The van der Waals surface area contributed by atoms with Gasteiger partial charge in [-0.15, -0.1) is 20.4 Å². The number of nitriles is 1. The molecule has 9 nitrogen and oxygen atoms in total. The average molecular weight is 363 g/mol. The lowest BCUT2D eigenvalue weighted by atomic mass is 9.96. The monoisotopic (exact) mass is 363 g/mol. The third-order valence-corrected chi connectivity index (χ3v) is 4.60. The summed E-state index contributed by atoms with van der Waals surface area (Å²) < 4.78 is 1.83. The maximum Gasteiger partial charge on any atom is 0.178 e. The van der Waals surface area contributed by atoms with E-state index >= 15 is 0 Å². The van der Waals surface area contributed by atoms with E-state index in [9.17, 15) is 0 Å². The van der Waals surface area contributed by atoms with Gasteiger partial charge in [0.05, 0.1) is 11.8 Å². The first kappa shape index (κ1) is 17.1. The standard InChI is InChI=1S/C18H21N9/c1-18(2,3)17-24-22-14-4-5-15(25-27(14)17)26-10-12(11-26)9-20-16-13(8-19)6-7-21-23-16/h4-7,12H,9-11H2,1-3H3,(H,20,23). The van der Waals surface area contributed by atoms with E-state index in [4.69, 9.17) is 10.4 Å². The predicted octanol–water partition coefficient (Wildman–Crippen LogP) is 1.63. The minimum atomic E-state index is -0.123. The summed E-state index contributed by atoms with van der Waals surface area (Å²) in [5.74, 6) is 2.77. The van der Waals surface area contributed by atoms with Crippen molar-refractivity contribution in [3.63, 3.8) is 0 Å². The Morgan fingerprint density at radius 1 is 1.19 bits per heavy atom. The third kappa shape index (κ3) is 3.26. The van der Waals surface area contributed by atoms with Gasteiger partial charge in [-0.25, -0.2) is 0 Å². The molecular formula is C18H21N9. The van der Waals surface area contributed by atoms with Gasteiger partial charge in [-0.1, -0.05) is 20.8 Å². The van der Waals surface area contributed by atoms with Crippen LogP contribution in [0.2, 0.25) is 0 Å². The maximum atomic E-state index is 9.11. The van der Waals surface area contributed by atoms with E-state index < -0.39 is 0 Å². The zero-order chi connectivity index (χ0) is 19.0. The first-order chi connectivity index (χ1) is 13.0. The Hall–Kier alpha value is -3.28. The van der Waals surface area contributed by atoms with Crippen molar-refractivity contribution in [1.82, 2.24) is 30.0 Å². The van der Waals surface area contributed by atoms with Crippen LogP contribution in [-0.2, 0) is 5.41 Å². The minimum Gasteiger partial charge on any atom is -0.367 e. The number of aromatic nitrogens is 6. The summed E-state index contributed by atoms with van der Waals surface area (Å²) in [6, 6.07) is 7.72. The number of nitrogens with one attached hydrogen (secondary N) is 1. The molecule has 1 aliphatic rings. The van der Waals surface area contributed by atoms with Crippen molar-refractivity contribution in [3.8, 4) is 6.07 Å². The molecule has 0 unspecified atom stereocenters. The van der Waals surface area contributed by atoms with Gasteiger partial charge in [-0.05, 0) is 18.2 Å². The highest BCUT2D eigenvalue weighted by molar-refractivity contribution is 5.51. The molecular weight excluding hydrogens is 342 g/mol. The van der Waals surface area contributed by atoms with Crippen LogP contribution in [0.15, 0.2) is 24.4 Å². The van der Waals surface area contributed by atoms with Crippen LogP contribution in [0, 0.1) is 17.2 Å². The number of hydrogen-bond acceptors (Lipinski definition) is 8. The van der Waals surface area contributed by atoms with Crippen LogP contribution in [0.3, 0.4) is 0 Å². The molecule has 9 heteroatoms. The van der Waals surface area contributed by atoms with Gasteiger partial charge in [0.1, 0.15) is 11.9 Å². The molecule has 0 aliphatic carbocycles. The molecule has 1 aliphatic heterocycles. The second-order valence-corrected chi connectivity index (χ2v) is 7.79. The molecule has 0 aromatic carbocycles. The van der Waals surface area contributed by atoms with Gasteiger partial charge in [-0.2, -0.15) is 14.9 Å². The maximum absolute atomic E-state index is 9.11. The third-order valence-electron chi connectivity index (χ3n) is 4.60. The van der Waals surface area contributed by atoms with E-state index in [1.807, 2.05) is 16.6 Å². The van der Waals surface area contributed by atoms with E-state index in [0.717, 1.165) is 36.9 Å². The number of nitrogens with zero attached hydrogens (tertiary/aromatic N) is 8. The lowest BCUT2D eigenvalue weighted by Crippen LogP contribution is -2.50. The Morgan fingerprint density at radius 2 is 2.00 bits per heavy atom. The molecule has 27 heavy (non-hydrogen) atoms. The molecule has 3 aromatic rings. The number of rotatable bonds is 4. The van der Waals surface area contributed by atoms with E-state index in [1.165, 1.54) is 6.20 Å². The Balaban J connectivity index is 1.41. The lowest BCUT2D eigenvalue weighted by Gasteiger charge is -2.40. The Morgan fingerprint density at radius 3 is 2.74 bits per heavy atom. The molecule has 0 saturated carbocycles. The van der Waals surface area contributed by atoms with E-state index in [2.05, 4.69) is 57.5 Å². The van der Waals surface area contributed by atoms with Gasteiger partial charge in [-0.3, -0.25) is 0 Å². The van der Waals surface area contributed by atoms with E-state index in [1.54, 1.807) is 6.07 Å². The molecule has 3 aromatic heterocycles. The fourth-order valence-electron chi connectivity index (χ4n) is 3.10. The number of hydrogen-bond donors (Lipinski definition) is 1. The van der Waals surface area contributed by atoms with Crippen molar-refractivity contribution in [2.75, 3.05) is 29.9 Å². The Labute approximate surface area is 157 Å². The van der Waals surface area contributed by atoms with Crippen molar-refractivity contribution >= 4 is 17.3 Å². The highest BCUT2D eigenvalue weighted by Gasteiger charge is 2.29. The molecule has 1 saturated heterocycles. The summed E-state index contributed by atoms with van der Waals surface area (Å²) >= 11 is 0. The first-order valence-corrected chi connectivity index (χ1v) is 8.89. The summed E-state index contributed by atoms with van der Waals surface area (Å²) in [5, 5.41) is 33.4. The topological polar surface area (TPSA) is 108 Å². The highest BCUT2D eigenvalue weighted by atomic mass is 15.4. The summed E-state index contributed by atoms with van der Waals surface area (Å²) in [5.41, 5.74) is 1.14. The van der Waals surface area contributed by atoms with E-state index in [0.29, 0.717) is 17.3 Å². The molecule has 4 rings (SSSR count). The van der Waals surface area contributed by atoms with Crippen molar-refractivity contribution < 1.29 is 0 Å². The average Bonchev–Trinajstić information content (AvgIpc) is 3.04. The second kappa shape index (κ2) is 6.46. The fraction of sp³-hybridized carbons (Fsp3) is 0.444. The van der Waals surface area contributed by atoms with Gasteiger partial charge in [0.2, 0.25) is 0 Å². The van der Waals surface area contributed by atoms with Crippen LogP contribution < -0.4 is 10.2 Å². The number of fused-ring (bicyclic) bond motifs is 1.